The highest BCUT2D eigenvalue weighted by Crippen LogP contribution is 2.04. The number of carbonyl (C=O) groups excluding carboxylic acids is 2. The minimum Gasteiger partial charge on any atom is -0.467 e. The molecule has 2 N–H and O–H groups in total. The molecule has 1 aromatic rings. The highest BCUT2D eigenvalue weighted by atomic mass is 16.5. The van der Waals surface area contributed by atoms with E-state index in [1.54, 1.807) is 0 Å². The Hall–Kier alpha value is -2.08. The molecule has 0 radical (unpaired) electrons. The number of nitrogens with one attached hydrogen (secondary N) is 2. The quantitative estimate of drug-likeness (QED) is 0.538. The first kappa shape index (κ1) is 19.0. The molecule has 0 saturated heterocycles. The monoisotopic (exact) mass is 322 g/mol. The third kappa shape index (κ3) is 8.21. The Labute approximate surface area is 137 Å². The number of methoxy groups -OCH3 is 1. The molecule has 1 aromatic carbocycles. The van der Waals surface area contributed by atoms with Crippen LogP contribution in [-0.4, -0.2) is 44.4 Å². The van der Waals surface area contributed by atoms with Crippen LogP contribution in [0.3, 0.4) is 0 Å². The molecule has 0 spiro atoms. The van der Waals surface area contributed by atoms with Crippen LogP contribution in [0.25, 0.3) is 0 Å². The number of amides is 2. The molecule has 1 rings (SSSR count). The summed E-state index contributed by atoms with van der Waals surface area (Å²) >= 11 is 0. The van der Waals surface area contributed by atoms with Crippen molar-refractivity contribution in [2.45, 2.75) is 38.8 Å². The van der Waals surface area contributed by atoms with Gasteiger partial charge in [-0.3, -0.25) is 0 Å². The van der Waals surface area contributed by atoms with Crippen molar-refractivity contribution in [1.29, 1.82) is 0 Å². The SMILES string of the molecule is COC(=O)C(Cc1ccccc1)NC(=O)NCCCOC(C)C. The van der Waals surface area contributed by atoms with E-state index in [9.17, 15) is 9.59 Å². The van der Waals surface area contributed by atoms with Gasteiger partial charge in [0, 0.05) is 19.6 Å². The summed E-state index contributed by atoms with van der Waals surface area (Å²) in [4.78, 5) is 23.7. The van der Waals surface area contributed by atoms with Gasteiger partial charge in [-0.05, 0) is 25.8 Å². The summed E-state index contributed by atoms with van der Waals surface area (Å²) in [7, 11) is 1.31. The molecule has 128 valence electrons. The van der Waals surface area contributed by atoms with E-state index in [0.717, 1.165) is 5.56 Å². The molecule has 6 heteroatoms. The zero-order chi connectivity index (χ0) is 17.1. The standard InChI is InChI=1S/C17H26N2O4/c1-13(2)23-11-7-10-18-17(21)19-15(16(20)22-3)12-14-8-5-4-6-9-14/h4-6,8-9,13,15H,7,10-12H2,1-3H3,(H2,18,19,21). The largest absolute Gasteiger partial charge is 0.467 e. The van der Waals surface area contributed by atoms with E-state index < -0.39 is 12.0 Å². The molecular weight excluding hydrogens is 296 g/mol. The molecular formula is C17H26N2O4. The first-order chi connectivity index (χ1) is 11.0. The summed E-state index contributed by atoms with van der Waals surface area (Å²) in [5.74, 6) is -0.466. The maximum Gasteiger partial charge on any atom is 0.328 e. The molecule has 2 amide bonds. The lowest BCUT2D eigenvalue weighted by molar-refractivity contribution is -0.142. The van der Waals surface area contributed by atoms with Gasteiger partial charge in [0.15, 0.2) is 0 Å². The lowest BCUT2D eigenvalue weighted by Gasteiger charge is -2.17. The molecule has 0 aliphatic heterocycles. The van der Waals surface area contributed by atoms with E-state index in [-0.39, 0.29) is 12.1 Å². The number of esters is 1. The van der Waals surface area contributed by atoms with Crippen molar-refractivity contribution in [3.8, 4) is 0 Å². The third-order valence-corrected chi connectivity index (χ3v) is 3.13. The fourth-order valence-corrected chi connectivity index (χ4v) is 1.99. The second-order valence-electron chi connectivity index (χ2n) is 5.44. The lowest BCUT2D eigenvalue weighted by Crippen LogP contribution is -2.47. The molecule has 6 nitrogen and oxygen atoms in total. The van der Waals surface area contributed by atoms with Crippen molar-refractivity contribution >= 4 is 12.0 Å². The topological polar surface area (TPSA) is 76.7 Å². The van der Waals surface area contributed by atoms with Crippen LogP contribution in [-0.2, 0) is 20.7 Å². The van der Waals surface area contributed by atoms with Crippen LogP contribution in [0, 0.1) is 0 Å². The fourth-order valence-electron chi connectivity index (χ4n) is 1.99. The zero-order valence-corrected chi connectivity index (χ0v) is 14.0. The maximum atomic E-state index is 11.9. The van der Waals surface area contributed by atoms with Crippen molar-refractivity contribution < 1.29 is 19.1 Å². The summed E-state index contributed by atoms with van der Waals surface area (Å²) in [6.45, 7) is 5.00. The number of urea groups is 1. The Balaban J connectivity index is 2.41. The minimum atomic E-state index is -0.714. The van der Waals surface area contributed by atoms with Crippen LogP contribution in [0.5, 0.6) is 0 Å². The van der Waals surface area contributed by atoms with Gasteiger partial charge in [0.1, 0.15) is 6.04 Å². The molecule has 0 aromatic heterocycles. The van der Waals surface area contributed by atoms with Crippen LogP contribution in [0.4, 0.5) is 4.79 Å². The molecule has 0 aliphatic rings. The Kier molecular flexibility index (Phi) is 8.75. The van der Waals surface area contributed by atoms with Gasteiger partial charge < -0.3 is 20.1 Å². The number of benzene rings is 1. The van der Waals surface area contributed by atoms with E-state index in [1.807, 2.05) is 44.2 Å². The Morgan fingerprint density at radius 2 is 1.87 bits per heavy atom. The summed E-state index contributed by atoms with van der Waals surface area (Å²) < 4.78 is 10.1. The average molecular weight is 322 g/mol. The van der Waals surface area contributed by atoms with Gasteiger partial charge in [-0.1, -0.05) is 30.3 Å². The number of carbonyl (C=O) groups is 2. The second-order valence-corrected chi connectivity index (χ2v) is 5.44. The highest BCUT2D eigenvalue weighted by molar-refractivity contribution is 5.83. The van der Waals surface area contributed by atoms with Crippen molar-refractivity contribution in [2.75, 3.05) is 20.3 Å². The summed E-state index contributed by atoms with van der Waals surface area (Å²) in [6, 6.07) is 8.38. The number of hydrogen-bond donors (Lipinski definition) is 2. The van der Waals surface area contributed by atoms with Crippen LogP contribution in [0.2, 0.25) is 0 Å². The van der Waals surface area contributed by atoms with E-state index >= 15 is 0 Å². The third-order valence-electron chi connectivity index (χ3n) is 3.13. The van der Waals surface area contributed by atoms with Gasteiger partial charge in [-0.2, -0.15) is 0 Å². The highest BCUT2D eigenvalue weighted by Gasteiger charge is 2.21. The van der Waals surface area contributed by atoms with Gasteiger partial charge in [0.05, 0.1) is 13.2 Å². The minimum absolute atomic E-state index is 0.179. The van der Waals surface area contributed by atoms with E-state index in [4.69, 9.17) is 9.47 Å². The average Bonchev–Trinajstić information content (AvgIpc) is 2.53. The number of hydrogen-bond acceptors (Lipinski definition) is 4. The summed E-state index contributed by atoms with van der Waals surface area (Å²) in [5, 5.41) is 5.36. The van der Waals surface area contributed by atoms with Crippen molar-refractivity contribution in [3.63, 3.8) is 0 Å². The zero-order valence-electron chi connectivity index (χ0n) is 14.0. The summed E-state index contributed by atoms with van der Waals surface area (Å²) in [5.41, 5.74) is 0.952. The molecule has 1 unspecified atom stereocenters. The molecule has 0 fully saturated rings. The van der Waals surface area contributed by atoms with Gasteiger partial charge in [0.25, 0.3) is 0 Å². The normalized spacial score (nSPS) is 11.8. The first-order valence-corrected chi connectivity index (χ1v) is 7.80. The van der Waals surface area contributed by atoms with E-state index in [1.165, 1.54) is 7.11 Å². The molecule has 0 aliphatic carbocycles. The smallest absolute Gasteiger partial charge is 0.328 e. The Morgan fingerprint density at radius 3 is 2.48 bits per heavy atom. The Morgan fingerprint density at radius 1 is 1.17 bits per heavy atom. The predicted molar refractivity (Wildman–Crippen MR) is 88.2 cm³/mol. The van der Waals surface area contributed by atoms with Crippen LogP contribution < -0.4 is 10.6 Å². The second kappa shape index (κ2) is 10.6. The molecule has 0 bridgehead atoms. The Bertz CT molecular complexity index is 477. The fraction of sp³-hybridized carbons (Fsp3) is 0.529. The van der Waals surface area contributed by atoms with Crippen molar-refractivity contribution in [1.82, 2.24) is 10.6 Å². The van der Waals surface area contributed by atoms with Gasteiger partial charge in [0.2, 0.25) is 0 Å². The summed E-state index contributed by atoms with van der Waals surface area (Å²) in [6.07, 6.45) is 1.28. The van der Waals surface area contributed by atoms with E-state index in [0.29, 0.717) is 26.0 Å². The molecule has 23 heavy (non-hydrogen) atoms. The lowest BCUT2D eigenvalue weighted by atomic mass is 10.1. The van der Waals surface area contributed by atoms with Crippen molar-refractivity contribution in [3.05, 3.63) is 35.9 Å². The molecule has 0 heterocycles. The van der Waals surface area contributed by atoms with Crippen LogP contribution >= 0.6 is 0 Å². The van der Waals surface area contributed by atoms with Crippen LogP contribution in [0.15, 0.2) is 30.3 Å². The van der Waals surface area contributed by atoms with Gasteiger partial charge in [-0.15, -0.1) is 0 Å². The number of ether oxygens (including phenoxy) is 2. The maximum absolute atomic E-state index is 11.9. The number of rotatable bonds is 9. The van der Waals surface area contributed by atoms with Crippen molar-refractivity contribution in [2.24, 2.45) is 0 Å². The predicted octanol–water partition coefficient (Wildman–Crippen LogP) is 1.89. The van der Waals surface area contributed by atoms with E-state index in [2.05, 4.69) is 10.6 Å². The molecule has 1 atom stereocenters. The van der Waals surface area contributed by atoms with Gasteiger partial charge in [-0.25, -0.2) is 9.59 Å². The van der Waals surface area contributed by atoms with Crippen LogP contribution in [0.1, 0.15) is 25.8 Å². The van der Waals surface area contributed by atoms with Gasteiger partial charge >= 0.3 is 12.0 Å². The first-order valence-electron chi connectivity index (χ1n) is 7.80. The molecule has 0 saturated carbocycles.